The van der Waals surface area contributed by atoms with Gasteiger partial charge in [0, 0.05) is 29.8 Å². The molecule has 0 fully saturated rings. The maximum atomic E-state index is 12.8. The topological polar surface area (TPSA) is 71.1 Å². The van der Waals surface area contributed by atoms with Gasteiger partial charge in [-0.2, -0.15) is 0 Å². The van der Waals surface area contributed by atoms with E-state index < -0.39 is 0 Å². The molecule has 27 heavy (non-hydrogen) atoms. The van der Waals surface area contributed by atoms with Gasteiger partial charge in [-0.3, -0.25) is 14.6 Å². The lowest BCUT2D eigenvalue weighted by Crippen LogP contribution is -2.12. The number of anilines is 2. The summed E-state index contributed by atoms with van der Waals surface area (Å²) < 4.78 is 12.8. The van der Waals surface area contributed by atoms with E-state index in [9.17, 15) is 14.0 Å². The molecule has 1 aromatic heterocycles. The zero-order chi connectivity index (χ0) is 19.1. The van der Waals surface area contributed by atoms with Gasteiger partial charge in [-0.1, -0.05) is 12.1 Å². The quantitative estimate of drug-likeness (QED) is 0.672. The number of pyridine rings is 1. The minimum absolute atomic E-state index is 0.262. The number of nitrogens with one attached hydrogen (secondary N) is 2. The molecule has 3 aromatic rings. The van der Waals surface area contributed by atoms with Crippen LogP contribution in [0.2, 0.25) is 0 Å². The Morgan fingerprint density at radius 1 is 0.889 bits per heavy atom. The molecule has 0 radical (unpaired) electrons. The van der Waals surface area contributed by atoms with E-state index in [-0.39, 0.29) is 17.6 Å². The molecular formula is C21H16FN3O2. The van der Waals surface area contributed by atoms with Crippen LogP contribution in [0, 0.1) is 5.82 Å². The monoisotopic (exact) mass is 361 g/mol. The third-order valence-electron chi connectivity index (χ3n) is 3.63. The van der Waals surface area contributed by atoms with Crippen molar-refractivity contribution in [3.05, 3.63) is 96.1 Å². The molecule has 3 rings (SSSR count). The smallest absolute Gasteiger partial charge is 0.257 e. The van der Waals surface area contributed by atoms with E-state index in [4.69, 9.17) is 0 Å². The summed E-state index contributed by atoms with van der Waals surface area (Å²) in [7, 11) is 0. The summed E-state index contributed by atoms with van der Waals surface area (Å²) in [6.07, 6.45) is 6.04. The van der Waals surface area contributed by atoms with E-state index >= 15 is 0 Å². The fourth-order valence-corrected chi connectivity index (χ4v) is 2.27. The number of nitrogens with zero attached hydrogens (tertiary/aromatic N) is 1. The van der Waals surface area contributed by atoms with E-state index in [1.807, 2.05) is 0 Å². The van der Waals surface area contributed by atoms with Crippen molar-refractivity contribution in [1.29, 1.82) is 0 Å². The first-order chi connectivity index (χ1) is 13.1. The zero-order valence-corrected chi connectivity index (χ0v) is 14.2. The maximum absolute atomic E-state index is 12.8. The van der Waals surface area contributed by atoms with Crippen LogP contribution >= 0.6 is 0 Å². The van der Waals surface area contributed by atoms with Crippen LogP contribution in [0.5, 0.6) is 0 Å². The molecule has 0 bridgehead atoms. The molecule has 2 amide bonds. The van der Waals surface area contributed by atoms with Gasteiger partial charge >= 0.3 is 0 Å². The lowest BCUT2D eigenvalue weighted by Gasteiger charge is -2.07. The van der Waals surface area contributed by atoms with E-state index in [0.29, 0.717) is 16.9 Å². The number of carbonyl (C=O) groups is 2. The average Bonchev–Trinajstić information content (AvgIpc) is 2.70. The van der Waals surface area contributed by atoms with Crippen molar-refractivity contribution in [3.63, 3.8) is 0 Å². The third-order valence-corrected chi connectivity index (χ3v) is 3.63. The SMILES string of the molecule is O=C(/C=C/c1ccc(F)cc1)Nc1ccc(NC(=O)c2cccnc2)cc1. The van der Waals surface area contributed by atoms with Crippen LogP contribution in [0.25, 0.3) is 6.08 Å². The highest BCUT2D eigenvalue weighted by Crippen LogP contribution is 2.15. The fourth-order valence-electron chi connectivity index (χ4n) is 2.27. The van der Waals surface area contributed by atoms with Crippen molar-refractivity contribution in [2.45, 2.75) is 0 Å². The third kappa shape index (κ3) is 5.34. The summed E-state index contributed by atoms with van der Waals surface area (Å²) in [5.74, 6) is -0.902. The Hall–Kier alpha value is -3.80. The first-order valence-corrected chi connectivity index (χ1v) is 8.16. The van der Waals surface area contributed by atoms with Crippen LogP contribution in [0.3, 0.4) is 0 Å². The molecule has 0 saturated carbocycles. The minimum atomic E-state index is -0.327. The molecule has 0 aliphatic rings. The van der Waals surface area contributed by atoms with Crippen molar-refractivity contribution in [3.8, 4) is 0 Å². The highest BCUT2D eigenvalue weighted by molar-refractivity contribution is 6.04. The predicted molar refractivity (Wildman–Crippen MR) is 103 cm³/mol. The van der Waals surface area contributed by atoms with Crippen molar-refractivity contribution < 1.29 is 14.0 Å². The number of amides is 2. The first kappa shape index (κ1) is 18.0. The lowest BCUT2D eigenvalue weighted by atomic mass is 10.2. The van der Waals surface area contributed by atoms with Gasteiger partial charge in [0.2, 0.25) is 5.91 Å². The number of benzene rings is 2. The van der Waals surface area contributed by atoms with Gasteiger partial charge in [0.05, 0.1) is 5.56 Å². The maximum Gasteiger partial charge on any atom is 0.257 e. The normalized spacial score (nSPS) is 10.6. The van der Waals surface area contributed by atoms with Gasteiger partial charge < -0.3 is 10.6 Å². The summed E-state index contributed by atoms with van der Waals surface area (Å²) in [6, 6.07) is 15.9. The van der Waals surface area contributed by atoms with Crippen molar-refractivity contribution >= 4 is 29.3 Å². The Labute approximate surface area is 155 Å². The Morgan fingerprint density at radius 2 is 1.56 bits per heavy atom. The lowest BCUT2D eigenvalue weighted by molar-refractivity contribution is -0.111. The van der Waals surface area contributed by atoms with Gasteiger partial charge in [0.15, 0.2) is 0 Å². The highest BCUT2D eigenvalue weighted by atomic mass is 19.1. The molecule has 2 N–H and O–H groups in total. The molecule has 0 unspecified atom stereocenters. The number of hydrogen-bond donors (Lipinski definition) is 2. The molecule has 134 valence electrons. The van der Waals surface area contributed by atoms with Crippen molar-refractivity contribution in [1.82, 2.24) is 4.98 Å². The average molecular weight is 361 g/mol. The van der Waals surface area contributed by atoms with Gasteiger partial charge in [0.25, 0.3) is 5.91 Å². The molecule has 0 atom stereocenters. The number of aromatic nitrogens is 1. The fraction of sp³-hybridized carbons (Fsp3) is 0. The standard InChI is InChI=1S/C21H16FN3O2/c22-17-6-3-15(4-7-17)5-12-20(26)24-18-8-10-19(11-9-18)25-21(27)16-2-1-13-23-14-16/h1-14H,(H,24,26)(H,25,27)/b12-5+. The second-order valence-corrected chi connectivity index (χ2v) is 5.65. The summed E-state index contributed by atoms with van der Waals surface area (Å²) in [5.41, 5.74) is 2.37. The molecule has 5 nitrogen and oxygen atoms in total. The van der Waals surface area contributed by atoms with E-state index in [1.54, 1.807) is 60.8 Å². The Balaban J connectivity index is 1.56. The summed E-state index contributed by atoms with van der Waals surface area (Å²) >= 11 is 0. The largest absolute Gasteiger partial charge is 0.323 e. The van der Waals surface area contributed by atoms with Crippen LogP contribution in [-0.4, -0.2) is 16.8 Å². The van der Waals surface area contributed by atoms with Gasteiger partial charge in [-0.25, -0.2) is 4.39 Å². The van der Waals surface area contributed by atoms with Gasteiger partial charge in [0.1, 0.15) is 5.82 Å². The molecule has 1 heterocycles. The van der Waals surface area contributed by atoms with Gasteiger partial charge in [-0.05, 0) is 60.2 Å². The first-order valence-electron chi connectivity index (χ1n) is 8.16. The molecule has 0 spiro atoms. The van der Waals surface area contributed by atoms with Crippen LogP contribution in [-0.2, 0) is 4.79 Å². The second kappa shape index (κ2) is 8.53. The summed E-state index contributed by atoms with van der Waals surface area (Å²) in [5, 5.41) is 5.47. The predicted octanol–water partition coefficient (Wildman–Crippen LogP) is 4.12. The number of rotatable bonds is 5. The van der Waals surface area contributed by atoms with Crippen molar-refractivity contribution in [2.75, 3.05) is 10.6 Å². The highest BCUT2D eigenvalue weighted by Gasteiger charge is 2.06. The van der Waals surface area contributed by atoms with Crippen LogP contribution in [0.4, 0.5) is 15.8 Å². The Bertz CT molecular complexity index is 953. The van der Waals surface area contributed by atoms with E-state index in [2.05, 4.69) is 15.6 Å². The Morgan fingerprint density at radius 3 is 2.19 bits per heavy atom. The number of halogens is 1. The Kier molecular flexibility index (Phi) is 5.69. The van der Waals surface area contributed by atoms with Crippen LogP contribution in [0.15, 0.2) is 79.1 Å². The van der Waals surface area contributed by atoms with Gasteiger partial charge in [-0.15, -0.1) is 0 Å². The minimum Gasteiger partial charge on any atom is -0.323 e. The van der Waals surface area contributed by atoms with Crippen LogP contribution in [0.1, 0.15) is 15.9 Å². The summed E-state index contributed by atoms with van der Waals surface area (Å²) in [6.45, 7) is 0. The van der Waals surface area contributed by atoms with E-state index in [1.165, 1.54) is 24.4 Å². The molecule has 0 aliphatic heterocycles. The van der Waals surface area contributed by atoms with Crippen LogP contribution < -0.4 is 10.6 Å². The molecule has 2 aromatic carbocycles. The van der Waals surface area contributed by atoms with Crippen molar-refractivity contribution in [2.24, 2.45) is 0 Å². The summed E-state index contributed by atoms with van der Waals surface area (Å²) in [4.78, 5) is 27.9. The zero-order valence-electron chi connectivity index (χ0n) is 14.2. The molecule has 6 heteroatoms. The molecular weight excluding hydrogens is 345 g/mol. The number of carbonyl (C=O) groups excluding carboxylic acids is 2. The number of hydrogen-bond acceptors (Lipinski definition) is 3. The van der Waals surface area contributed by atoms with E-state index in [0.717, 1.165) is 5.56 Å². The second-order valence-electron chi connectivity index (χ2n) is 5.65. The molecule has 0 aliphatic carbocycles. The molecule has 0 saturated heterocycles.